The van der Waals surface area contributed by atoms with Crippen LogP contribution in [-0.2, 0) is 4.74 Å². The Bertz CT molecular complexity index is 607. The van der Waals surface area contributed by atoms with Gasteiger partial charge in [-0.25, -0.2) is 0 Å². The Kier molecular flexibility index (Phi) is 3.83. The van der Waals surface area contributed by atoms with Gasteiger partial charge in [0.1, 0.15) is 0 Å². The van der Waals surface area contributed by atoms with Crippen LogP contribution in [0.2, 0.25) is 0 Å². The summed E-state index contributed by atoms with van der Waals surface area (Å²) in [6, 6.07) is 12.8. The Balaban J connectivity index is 1.70. The molecule has 1 saturated heterocycles. The molecule has 0 aliphatic carbocycles. The van der Waals surface area contributed by atoms with Crippen LogP contribution in [0.4, 0.5) is 17.1 Å². The molecule has 0 bridgehead atoms. The topological polar surface area (TPSA) is 65.0 Å². The second kappa shape index (κ2) is 5.93. The molecule has 1 heterocycles. The fourth-order valence-corrected chi connectivity index (χ4v) is 2.34. The molecule has 0 unspecified atom stereocenters. The molecule has 0 aromatic heterocycles. The standard InChI is InChI=1S/C16H18N2O3/c19-15-6-3-13(11-16(15)20)17-12-1-4-14(5-2-12)18-7-9-21-10-8-18/h1-6,11,17,19-20H,7-10H2. The fourth-order valence-electron chi connectivity index (χ4n) is 2.34. The first-order valence-corrected chi connectivity index (χ1v) is 6.94. The van der Waals surface area contributed by atoms with Gasteiger partial charge in [0, 0.05) is 36.2 Å². The van der Waals surface area contributed by atoms with E-state index in [1.165, 1.54) is 17.8 Å². The quantitative estimate of drug-likeness (QED) is 0.598. The SMILES string of the molecule is Oc1ccc(Nc2ccc(N3CCOCC3)cc2)cc1O. The zero-order valence-electron chi connectivity index (χ0n) is 11.6. The number of phenolic OH excluding ortho intramolecular Hbond substituents is 2. The molecular formula is C16H18N2O3. The summed E-state index contributed by atoms with van der Waals surface area (Å²) in [6.45, 7) is 3.37. The molecule has 0 radical (unpaired) electrons. The van der Waals surface area contributed by atoms with Crippen molar-refractivity contribution in [3.63, 3.8) is 0 Å². The van der Waals surface area contributed by atoms with E-state index in [2.05, 4.69) is 22.3 Å². The molecule has 21 heavy (non-hydrogen) atoms. The van der Waals surface area contributed by atoms with Gasteiger partial charge in [0.2, 0.25) is 0 Å². The van der Waals surface area contributed by atoms with Gasteiger partial charge in [0.25, 0.3) is 0 Å². The van der Waals surface area contributed by atoms with Crippen LogP contribution in [-0.4, -0.2) is 36.5 Å². The van der Waals surface area contributed by atoms with Crippen molar-refractivity contribution in [3.05, 3.63) is 42.5 Å². The molecule has 110 valence electrons. The lowest BCUT2D eigenvalue weighted by Gasteiger charge is -2.28. The molecule has 1 aliphatic heterocycles. The Morgan fingerprint density at radius 3 is 2.19 bits per heavy atom. The van der Waals surface area contributed by atoms with Crippen LogP contribution >= 0.6 is 0 Å². The molecule has 0 amide bonds. The predicted molar refractivity (Wildman–Crippen MR) is 82.5 cm³/mol. The summed E-state index contributed by atoms with van der Waals surface area (Å²) in [7, 11) is 0. The minimum atomic E-state index is -0.134. The summed E-state index contributed by atoms with van der Waals surface area (Å²) in [6.07, 6.45) is 0. The summed E-state index contributed by atoms with van der Waals surface area (Å²) in [5.41, 5.74) is 2.83. The first-order chi connectivity index (χ1) is 10.2. The van der Waals surface area contributed by atoms with Crippen molar-refractivity contribution in [2.45, 2.75) is 0 Å². The van der Waals surface area contributed by atoms with E-state index in [1.54, 1.807) is 6.07 Å². The second-order valence-electron chi connectivity index (χ2n) is 4.97. The highest BCUT2D eigenvalue weighted by atomic mass is 16.5. The van der Waals surface area contributed by atoms with E-state index >= 15 is 0 Å². The molecule has 1 aliphatic rings. The number of nitrogens with one attached hydrogen (secondary N) is 1. The van der Waals surface area contributed by atoms with Crippen molar-refractivity contribution in [2.24, 2.45) is 0 Å². The van der Waals surface area contributed by atoms with Crippen molar-refractivity contribution >= 4 is 17.1 Å². The second-order valence-corrected chi connectivity index (χ2v) is 4.97. The highest BCUT2D eigenvalue weighted by Gasteiger charge is 2.10. The smallest absolute Gasteiger partial charge is 0.159 e. The summed E-state index contributed by atoms with van der Waals surface area (Å²) >= 11 is 0. The van der Waals surface area contributed by atoms with E-state index in [9.17, 15) is 10.2 Å². The third-order valence-corrected chi connectivity index (χ3v) is 3.51. The van der Waals surface area contributed by atoms with Gasteiger partial charge in [-0.3, -0.25) is 0 Å². The van der Waals surface area contributed by atoms with Gasteiger partial charge in [-0.15, -0.1) is 0 Å². The van der Waals surface area contributed by atoms with Crippen LogP contribution in [0.5, 0.6) is 11.5 Å². The number of anilines is 3. The molecule has 2 aromatic carbocycles. The molecule has 2 aromatic rings. The van der Waals surface area contributed by atoms with Crippen molar-refractivity contribution < 1.29 is 14.9 Å². The highest BCUT2D eigenvalue weighted by Crippen LogP contribution is 2.29. The van der Waals surface area contributed by atoms with Crippen LogP contribution in [0.3, 0.4) is 0 Å². The molecular weight excluding hydrogens is 268 g/mol. The molecule has 0 saturated carbocycles. The summed E-state index contributed by atoms with van der Waals surface area (Å²) in [4.78, 5) is 2.29. The number of rotatable bonds is 3. The van der Waals surface area contributed by atoms with Gasteiger partial charge in [-0.1, -0.05) is 0 Å². The van der Waals surface area contributed by atoms with E-state index in [0.29, 0.717) is 0 Å². The minimum Gasteiger partial charge on any atom is -0.504 e. The average molecular weight is 286 g/mol. The number of nitrogens with zero attached hydrogens (tertiary/aromatic N) is 1. The van der Waals surface area contributed by atoms with E-state index < -0.39 is 0 Å². The molecule has 5 heteroatoms. The molecule has 3 N–H and O–H groups in total. The average Bonchev–Trinajstić information content (AvgIpc) is 2.53. The minimum absolute atomic E-state index is 0.122. The summed E-state index contributed by atoms with van der Waals surface area (Å²) < 4.78 is 5.35. The highest BCUT2D eigenvalue weighted by molar-refractivity contribution is 5.65. The van der Waals surface area contributed by atoms with Crippen LogP contribution < -0.4 is 10.2 Å². The van der Waals surface area contributed by atoms with Crippen LogP contribution in [0.15, 0.2) is 42.5 Å². The van der Waals surface area contributed by atoms with Crippen LogP contribution in [0.25, 0.3) is 0 Å². The molecule has 3 rings (SSSR count). The molecule has 1 fully saturated rings. The van der Waals surface area contributed by atoms with Crippen LogP contribution in [0.1, 0.15) is 0 Å². The van der Waals surface area contributed by atoms with E-state index in [1.807, 2.05) is 12.1 Å². The Hall–Kier alpha value is -2.40. The lowest BCUT2D eigenvalue weighted by Crippen LogP contribution is -2.36. The number of hydrogen-bond donors (Lipinski definition) is 3. The third-order valence-electron chi connectivity index (χ3n) is 3.51. The number of phenols is 2. The number of ether oxygens (including phenoxy) is 1. The molecule has 0 spiro atoms. The Labute approximate surface area is 123 Å². The maximum absolute atomic E-state index is 9.48. The van der Waals surface area contributed by atoms with Gasteiger partial charge < -0.3 is 25.2 Å². The molecule has 0 atom stereocenters. The van der Waals surface area contributed by atoms with E-state index in [4.69, 9.17) is 4.74 Å². The van der Waals surface area contributed by atoms with E-state index in [0.717, 1.165) is 37.7 Å². The van der Waals surface area contributed by atoms with Gasteiger partial charge in [0.05, 0.1) is 13.2 Å². The largest absolute Gasteiger partial charge is 0.504 e. The first-order valence-electron chi connectivity index (χ1n) is 6.94. The van der Waals surface area contributed by atoms with Crippen LogP contribution in [0, 0.1) is 0 Å². The Morgan fingerprint density at radius 1 is 0.857 bits per heavy atom. The molecule has 5 nitrogen and oxygen atoms in total. The van der Waals surface area contributed by atoms with Gasteiger partial charge >= 0.3 is 0 Å². The van der Waals surface area contributed by atoms with Gasteiger partial charge in [-0.05, 0) is 36.4 Å². The number of aromatic hydroxyl groups is 2. The zero-order valence-corrected chi connectivity index (χ0v) is 11.6. The van der Waals surface area contributed by atoms with Gasteiger partial charge in [-0.2, -0.15) is 0 Å². The maximum Gasteiger partial charge on any atom is 0.159 e. The number of benzene rings is 2. The van der Waals surface area contributed by atoms with Crippen molar-refractivity contribution in [2.75, 3.05) is 36.5 Å². The van der Waals surface area contributed by atoms with Gasteiger partial charge in [0.15, 0.2) is 11.5 Å². The number of morpholine rings is 1. The summed E-state index contributed by atoms with van der Waals surface area (Å²) in [5, 5.41) is 22.0. The predicted octanol–water partition coefficient (Wildman–Crippen LogP) is 2.68. The maximum atomic E-state index is 9.48. The van der Waals surface area contributed by atoms with Crippen molar-refractivity contribution in [1.29, 1.82) is 0 Å². The number of hydrogen-bond acceptors (Lipinski definition) is 5. The third kappa shape index (κ3) is 3.20. The first kappa shape index (κ1) is 13.6. The lowest BCUT2D eigenvalue weighted by atomic mass is 10.2. The summed E-state index contributed by atoms with van der Waals surface area (Å²) in [5.74, 6) is -0.256. The zero-order chi connectivity index (χ0) is 14.7. The fraction of sp³-hybridized carbons (Fsp3) is 0.250. The van der Waals surface area contributed by atoms with Crippen molar-refractivity contribution in [3.8, 4) is 11.5 Å². The normalized spacial score (nSPS) is 15.0. The monoisotopic (exact) mass is 286 g/mol. The Morgan fingerprint density at radius 2 is 1.52 bits per heavy atom. The lowest BCUT2D eigenvalue weighted by molar-refractivity contribution is 0.122. The van der Waals surface area contributed by atoms with E-state index in [-0.39, 0.29) is 11.5 Å². The van der Waals surface area contributed by atoms with Crippen molar-refractivity contribution in [1.82, 2.24) is 0 Å².